The SMILES string of the molecule is O=C(CF)N[C@H](CO)[C@H](O)c1ccc([N+](=O)[O-])cc1. The Morgan fingerprint density at radius 3 is 2.42 bits per heavy atom. The number of rotatable bonds is 6. The number of alkyl halides is 1. The standard InChI is InChI=1S/C11H13FN2O5/c12-5-10(16)13-9(6-15)11(17)7-1-3-8(4-2-7)14(18)19/h1-4,9,11,15,17H,5-6H2,(H,13,16)/t9-,11-/m1/s1. The van der Waals surface area contributed by atoms with Gasteiger partial charge in [-0.2, -0.15) is 0 Å². The molecule has 0 radical (unpaired) electrons. The third kappa shape index (κ3) is 3.97. The van der Waals surface area contributed by atoms with Crippen LogP contribution in [0, 0.1) is 10.1 Å². The quantitative estimate of drug-likeness (QED) is 0.501. The molecule has 0 heterocycles. The zero-order valence-corrected chi connectivity index (χ0v) is 9.82. The summed E-state index contributed by atoms with van der Waals surface area (Å²) in [4.78, 5) is 20.7. The summed E-state index contributed by atoms with van der Waals surface area (Å²) in [6.45, 7) is -1.85. The maximum absolute atomic E-state index is 12.0. The van der Waals surface area contributed by atoms with E-state index in [0.29, 0.717) is 0 Å². The van der Waals surface area contributed by atoms with Crippen molar-refractivity contribution >= 4 is 11.6 Å². The monoisotopic (exact) mass is 272 g/mol. The van der Waals surface area contributed by atoms with Crippen LogP contribution in [0.25, 0.3) is 0 Å². The van der Waals surface area contributed by atoms with E-state index in [2.05, 4.69) is 5.32 Å². The third-order valence-corrected chi connectivity index (χ3v) is 2.49. The normalized spacial score (nSPS) is 13.6. The molecule has 2 atom stereocenters. The zero-order valence-electron chi connectivity index (χ0n) is 9.82. The number of hydrogen-bond donors (Lipinski definition) is 3. The average molecular weight is 272 g/mol. The highest BCUT2D eigenvalue weighted by molar-refractivity contribution is 5.77. The number of halogens is 1. The van der Waals surface area contributed by atoms with Crippen molar-refractivity contribution in [2.24, 2.45) is 0 Å². The molecule has 8 heteroatoms. The van der Waals surface area contributed by atoms with E-state index in [1.54, 1.807) is 0 Å². The van der Waals surface area contributed by atoms with E-state index in [-0.39, 0.29) is 11.3 Å². The number of aliphatic hydroxyl groups excluding tert-OH is 2. The molecule has 0 bridgehead atoms. The van der Waals surface area contributed by atoms with Crippen molar-refractivity contribution < 1.29 is 24.3 Å². The van der Waals surface area contributed by atoms with Gasteiger partial charge in [0.1, 0.15) is 6.10 Å². The molecule has 0 fully saturated rings. The molecule has 1 aromatic rings. The fourth-order valence-corrected chi connectivity index (χ4v) is 1.50. The number of aliphatic hydroxyl groups is 2. The first-order chi connectivity index (χ1) is 8.99. The molecule has 1 rings (SSSR count). The van der Waals surface area contributed by atoms with Crippen molar-refractivity contribution in [1.82, 2.24) is 5.32 Å². The molecule has 0 unspecified atom stereocenters. The lowest BCUT2D eigenvalue weighted by atomic mass is 10.0. The van der Waals surface area contributed by atoms with Crippen molar-refractivity contribution in [3.63, 3.8) is 0 Å². The minimum absolute atomic E-state index is 0.149. The van der Waals surface area contributed by atoms with Crippen molar-refractivity contribution in [3.8, 4) is 0 Å². The smallest absolute Gasteiger partial charge is 0.269 e. The Balaban J connectivity index is 2.81. The highest BCUT2D eigenvalue weighted by Crippen LogP contribution is 2.20. The summed E-state index contributed by atoms with van der Waals surface area (Å²) in [6, 6.07) is 3.89. The Morgan fingerprint density at radius 1 is 1.42 bits per heavy atom. The zero-order chi connectivity index (χ0) is 14.4. The first-order valence-corrected chi connectivity index (χ1v) is 5.38. The fourth-order valence-electron chi connectivity index (χ4n) is 1.50. The number of non-ortho nitro benzene ring substituents is 1. The number of nitrogens with zero attached hydrogens (tertiary/aromatic N) is 1. The average Bonchev–Trinajstić information content (AvgIpc) is 2.43. The van der Waals surface area contributed by atoms with Gasteiger partial charge in [0.25, 0.3) is 11.6 Å². The Hall–Kier alpha value is -2.06. The van der Waals surface area contributed by atoms with Gasteiger partial charge in [-0.1, -0.05) is 0 Å². The van der Waals surface area contributed by atoms with Crippen LogP contribution in [0.5, 0.6) is 0 Å². The number of hydrogen-bond acceptors (Lipinski definition) is 5. The van der Waals surface area contributed by atoms with Gasteiger partial charge in [-0.05, 0) is 17.7 Å². The largest absolute Gasteiger partial charge is 0.394 e. The molecular weight excluding hydrogens is 259 g/mol. The van der Waals surface area contributed by atoms with Gasteiger partial charge in [-0.15, -0.1) is 0 Å². The molecule has 0 aromatic heterocycles. The minimum atomic E-state index is -1.29. The van der Waals surface area contributed by atoms with Gasteiger partial charge in [0.05, 0.1) is 17.6 Å². The van der Waals surface area contributed by atoms with E-state index in [1.165, 1.54) is 24.3 Å². The molecule has 1 amide bonds. The number of nitrogens with one attached hydrogen (secondary N) is 1. The van der Waals surface area contributed by atoms with Gasteiger partial charge >= 0.3 is 0 Å². The molecule has 0 spiro atoms. The molecule has 3 N–H and O–H groups in total. The van der Waals surface area contributed by atoms with E-state index >= 15 is 0 Å². The molecule has 104 valence electrons. The maximum Gasteiger partial charge on any atom is 0.269 e. The predicted molar refractivity (Wildman–Crippen MR) is 63.0 cm³/mol. The molecule has 0 saturated carbocycles. The van der Waals surface area contributed by atoms with Crippen LogP contribution < -0.4 is 5.32 Å². The van der Waals surface area contributed by atoms with Crippen LogP contribution in [0.4, 0.5) is 10.1 Å². The lowest BCUT2D eigenvalue weighted by Crippen LogP contribution is -2.42. The number of carbonyl (C=O) groups is 1. The van der Waals surface area contributed by atoms with Crippen molar-refractivity contribution in [1.29, 1.82) is 0 Å². The Labute approximate surface area is 107 Å². The van der Waals surface area contributed by atoms with Gasteiger partial charge in [0, 0.05) is 12.1 Å². The van der Waals surface area contributed by atoms with Crippen molar-refractivity contribution in [2.45, 2.75) is 12.1 Å². The summed E-state index contributed by atoms with van der Waals surface area (Å²) < 4.78 is 12.0. The van der Waals surface area contributed by atoms with E-state index in [0.717, 1.165) is 0 Å². The van der Waals surface area contributed by atoms with Crippen LogP contribution >= 0.6 is 0 Å². The molecule has 19 heavy (non-hydrogen) atoms. The first kappa shape index (κ1) is 15.0. The highest BCUT2D eigenvalue weighted by Gasteiger charge is 2.22. The summed E-state index contributed by atoms with van der Waals surface area (Å²) >= 11 is 0. The van der Waals surface area contributed by atoms with Crippen molar-refractivity contribution in [2.75, 3.05) is 13.3 Å². The molecule has 0 saturated heterocycles. The van der Waals surface area contributed by atoms with E-state index in [4.69, 9.17) is 5.11 Å². The van der Waals surface area contributed by atoms with Crippen LogP contribution in [0.3, 0.4) is 0 Å². The summed E-state index contributed by atoms with van der Waals surface area (Å²) in [5.74, 6) is -0.958. The van der Waals surface area contributed by atoms with Crippen LogP contribution in [-0.4, -0.2) is 40.4 Å². The van der Waals surface area contributed by atoms with E-state index < -0.39 is 36.3 Å². The van der Waals surface area contributed by atoms with Gasteiger partial charge in [-0.25, -0.2) is 4.39 Å². The summed E-state index contributed by atoms with van der Waals surface area (Å²) in [5, 5.41) is 31.5. The van der Waals surface area contributed by atoms with Crippen LogP contribution in [-0.2, 0) is 4.79 Å². The number of amides is 1. The number of benzene rings is 1. The minimum Gasteiger partial charge on any atom is -0.394 e. The predicted octanol–water partition coefficient (Wildman–Crippen LogP) is 0.0748. The second-order valence-corrected chi connectivity index (χ2v) is 3.78. The molecule has 0 aliphatic carbocycles. The topological polar surface area (TPSA) is 113 Å². The molecule has 7 nitrogen and oxygen atoms in total. The summed E-state index contributed by atoms with van der Waals surface area (Å²) in [5.41, 5.74) is 0.119. The highest BCUT2D eigenvalue weighted by atomic mass is 19.1. The summed E-state index contributed by atoms with van der Waals surface area (Å²) in [7, 11) is 0. The van der Waals surface area contributed by atoms with Gasteiger partial charge in [-0.3, -0.25) is 14.9 Å². The number of nitro benzene ring substituents is 1. The van der Waals surface area contributed by atoms with Crippen LogP contribution in [0.1, 0.15) is 11.7 Å². The molecule has 0 aliphatic rings. The second-order valence-electron chi connectivity index (χ2n) is 3.78. The van der Waals surface area contributed by atoms with E-state index in [9.17, 15) is 24.4 Å². The first-order valence-electron chi connectivity index (χ1n) is 5.38. The van der Waals surface area contributed by atoms with Crippen LogP contribution in [0.15, 0.2) is 24.3 Å². The molecule has 0 aliphatic heterocycles. The van der Waals surface area contributed by atoms with E-state index in [1.807, 2.05) is 0 Å². The molecular formula is C11H13FN2O5. The lowest BCUT2D eigenvalue weighted by Gasteiger charge is -2.21. The van der Waals surface area contributed by atoms with Gasteiger partial charge < -0.3 is 15.5 Å². The van der Waals surface area contributed by atoms with Gasteiger partial charge in [0.15, 0.2) is 6.67 Å². The Morgan fingerprint density at radius 2 is 2.00 bits per heavy atom. The van der Waals surface area contributed by atoms with Crippen molar-refractivity contribution in [3.05, 3.63) is 39.9 Å². The Bertz CT molecular complexity index is 451. The molecule has 1 aromatic carbocycles. The third-order valence-electron chi connectivity index (χ3n) is 2.49. The number of nitro groups is 1. The number of carbonyl (C=O) groups excluding carboxylic acids is 1. The van der Waals surface area contributed by atoms with Gasteiger partial charge in [0.2, 0.25) is 0 Å². The van der Waals surface area contributed by atoms with Crippen LogP contribution in [0.2, 0.25) is 0 Å². The lowest BCUT2D eigenvalue weighted by molar-refractivity contribution is -0.384. The maximum atomic E-state index is 12.0. The fraction of sp³-hybridized carbons (Fsp3) is 0.364. The Kier molecular flexibility index (Phi) is 5.34. The second kappa shape index (κ2) is 6.76. The summed E-state index contributed by atoms with van der Waals surface area (Å²) in [6.07, 6.45) is -1.29.